The molecule has 3 atom stereocenters. The van der Waals surface area contributed by atoms with Gasteiger partial charge in [-0.3, -0.25) is 4.79 Å². The van der Waals surface area contributed by atoms with Gasteiger partial charge in [-0.25, -0.2) is 4.79 Å². The summed E-state index contributed by atoms with van der Waals surface area (Å²) in [7, 11) is 0. The van der Waals surface area contributed by atoms with E-state index in [2.05, 4.69) is 25.8 Å². The van der Waals surface area contributed by atoms with Gasteiger partial charge in [0, 0.05) is 19.3 Å². The van der Waals surface area contributed by atoms with Crippen LogP contribution in [-0.4, -0.2) is 80.8 Å². The van der Waals surface area contributed by atoms with Crippen molar-refractivity contribution in [3.05, 3.63) is 30.9 Å². The number of hydrogen-bond donors (Lipinski definition) is 1. The van der Waals surface area contributed by atoms with Crippen LogP contribution in [0.1, 0.15) is 103 Å². The van der Waals surface area contributed by atoms with Crippen LogP contribution in [0.4, 0.5) is 0 Å². The molecule has 0 aromatic heterocycles. The molecule has 0 aromatic carbocycles. The lowest BCUT2D eigenvalue weighted by Crippen LogP contribution is -2.37. The molecule has 0 heterocycles. The highest BCUT2D eigenvalue weighted by molar-refractivity contribution is 5.81. The first kappa shape index (κ1) is 37.1. The number of carbonyl (C=O) groups excluding carboxylic acids is 2. The minimum absolute atomic E-state index is 0.0450. The highest BCUT2D eigenvalue weighted by atomic mass is 16.7. The van der Waals surface area contributed by atoms with E-state index in [1.807, 2.05) is 0 Å². The number of unbranched alkanes of at least 4 members (excludes halogenated alkanes) is 2. The van der Waals surface area contributed by atoms with Crippen molar-refractivity contribution in [2.24, 2.45) is 11.8 Å². The zero-order chi connectivity index (χ0) is 32.3. The highest BCUT2D eigenvalue weighted by Gasteiger charge is 2.34. The summed E-state index contributed by atoms with van der Waals surface area (Å²) in [6.45, 7) is 11.3. The molecule has 0 radical (unpaired) electrons. The van der Waals surface area contributed by atoms with Gasteiger partial charge in [-0.05, 0) is 115 Å². The number of hydrogen-bond acceptors (Lipinski definition) is 10. The van der Waals surface area contributed by atoms with Gasteiger partial charge in [0.15, 0.2) is 0 Å². The molecule has 3 aliphatic rings. The molecule has 3 unspecified atom stereocenters. The van der Waals surface area contributed by atoms with E-state index >= 15 is 0 Å². The molecule has 0 spiro atoms. The average molecular weight is 637 g/mol. The van der Waals surface area contributed by atoms with E-state index in [1.54, 1.807) is 0 Å². The number of aliphatic hydroxyl groups is 1. The summed E-state index contributed by atoms with van der Waals surface area (Å²) in [6.07, 6.45) is 14.9. The maximum Gasteiger partial charge on any atom is 0.330 e. The molecule has 1 N–H and O–H groups in total. The summed E-state index contributed by atoms with van der Waals surface area (Å²) < 4.78 is 40.1. The minimum atomic E-state index is -0.393. The lowest BCUT2D eigenvalue weighted by Gasteiger charge is -2.35. The molecule has 0 aliphatic heterocycles. The predicted molar refractivity (Wildman–Crippen MR) is 168 cm³/mol. The van der Waals surface area contributed by atoms with Crippen molar-refractivity contribution in [2.75, 3.05) is 33.2 Å². The third-order valence-electron chi connectivity index (χ3n) is 9.13. The Bertz CT molecular complexity index is 915. The van der Waals surface area contributed by atoms with E-state index in [-0.39, 0.29) is 48.4 Å². The fraction of sp³-hybridized carbons (Fsp3) is 0.800. The van der Waals surface area contributed by atoms with Crippen LogP contribution in [0, 0.1) is 11.8 Å². The zero-order valence-electron chi connectivity index (χ0n) is 27.3. The molecule has 3 aliphatic carbocycles. The van der Waals surface area contributed by atoms with E-state index in [9.17, 15) is 9.59 Å². The van der Waals surface area contributed by atoms with Gasteiger partial charge >= 0.3 is 17.9 Å². The zero-order valence-corrected chi connectivity index (χ0v) is 27.3. The first-order valence-corrected chi connectivity index (χ1v) is 17.1. The van der Waals surface area contributed by atoms with Crippen molar-refractivity contribution < 1.29 is 47.9 Å². The fourth-order valence-corrected chi connectivity index (χ4v) is 6.35. The molecule has 256 valence electrons. The van der Waals surface area contributed by atoms with Crippen LogP contribution in [0.5, 0.6) is 0 Å². The Kier molecular flexibility index (Phi) is 17.7. The molecule has 3 saturated carbocycles. The topological polar surface area (TPSA) is 119 Å². The van der Waals surface area contributed by atoms with Gasteiger partial charge in [0.05, 0.1) is 43.5 Å². The van der Waals surface area contributed by atoms with Crippen LogP contribution in [0.25, 0.3) is 0 Å². The van der Waals surface area contributed by atoms with E-state index in [0.29, 0.717) is 39.1 Å². The Hall–Kier alpha value is -2.36. The number of carbonyl (C=O) groups is 2. The molecule has 3 fully saturated rings. The molecule has 0 bridgehead atoms. The maximum atomic E-state index is 12.9. The molecule has 45 heavy (non-hydrogen) atoms. The number of aliphatic hydroxyl groups excluding tert-OH is 1. The molecular formula is C35H56O10. The van der Waals surface area contributed by atoms with Gasteiger partial charge in [-0.1, -0.05) is 13.5 Å². The summed E-state index contributed by atoms with van der Waals surface area (Å²) in [6, 6.07) is 0. The van der Waals surface area contributed by atoms with Gasteiger partial charge < -0.3 is 38.3 Å². The Balaban J connectivity index is 1.18. The lowest BCUT2D eigenvalue weighted by molar-refractivity contribution is -0.170. The van der Waals surface area contributed by atoms with Crippen LogP contribution in [0.15, 0.2) is 30.9 Å². The minimum Gasteiger partial charge on any atom is -0.475 e. The summed E-state index contributed by atoms with van der Waals surface area (Å²) in [5, 5.41) is 9.16. The normalized spacial score (nSPS) is 28.4. The van der Waals surface area contributed by atoms with E-state index in [0.717, 1.165) is 96.3 Å². The lowest BCUT2D eigenvalue weighted by atomic mass is 9.85. The van der Waals surface area contributed by atoms with Crippen LogP contribution >= 0.6 is 0 Å². The summed E-state index contributed by atoms with van der Waals surface area (Å²) in [5.41, 5.74) is 2.30. The van der Waals surface area contributed by atoms with Crippen molar-refractivity contribution >= 4 is 11.9 Å². The number of esters is 2. The first-order valence-electron chi connectivity index (χ1n) is 17.1. The number of rotatable bonds is 20. The monoisotopic (exact) mass is 636 g/mol. The Morgan fingerprint density at radius 2 is 1.27 bits per heavy atom. The van der Waals surface area contributed by atoms with E-state index in [4.69, 9.17) is 38.3 Å². The van der Waals surface area contributed by atoms with Crippen molar-refractivity contribution in [2.45, 2.75) is 134 Å². The molecule has 0 saturated heterocycles. The summed E-state index contributed by atoms with van der Waals surface area (Å²) in [5.74, 6) is -0.454. The Labute approximate surface area is 269 Å². The van der Waals surface area contributed by atoms with Gasteiger partial charge in [-0.15, -0.1) is 0 Å². The SMILES string of the molecule is C=C=C(O)OCCCCOC1CCC(OCOC2CCC(OC(=O)C3CCC(OCCCCOC(=O)C=C)CC3)CC2C)CC1. The molecule has 10 nitrogen and oxygen atoms in total. The second kappa shape index (κ2) is 21.4. The van der Waals surface area contributed by atoms with Gasteiger partial charge in [-0.2, -0.15) is 0 Å². The van der Waals surface area contributed by atoms with Gasteiger partial charge in [0.1, 0.15) is 12.9 Å². The second-order valence-electron chi connectivity index (χ2n) is 12.6. The van der Waals surface area contributed by atoms with Crippen molar-refractivity contribution in [1.82, 2.24) is 0 Å². The molecular weight excluding hydrogens is 580 g/mol. The van der Waals surface area contributed by atoms with E-state index < -0.39 is 5.97 Å². The summed E-state index contributed by atoms with van der Waals surface area (Å²) >= 11 is 0. The largest absolute Gasteiger partial charge is 0.475 e. The van der Waals surface area contributed by atoms with E-state index in [1.165, 1.54) is 6.08 Å². The number of ether oxygens (including phenoxy) is 7. The van der Waals surface area contributed by atoms with Gasteiger partial charge in [0.25, 0.3) is 0 Å². The molecule has 0 aromatic rings. The van der Waals surface area contributed by atoms with Crippen molar-refractivity contribution in [3.63, 3.8) is 0 Å². The van der Waals surface area contributed by atoms with Crippen molar-refractivity contribution in [1.29, 1.82) is 0 Å². The first-order chi connectivity index (χ1) is 21.9. The van der Waals surface area contributed by atoms with Crippen LogP contribution in [0.2, 0.25) is 0 Å². The Morgan fingerprint density at radius 3 is 1.84 bits per heavy atom. The quantitative estimate of drug-likeness (QED) is 0.0398. The van der Waals surface area contributed by atoms with Crippen molar-refractivity contribution in [3.8, 4) is 0 Å². The summed E-state index contributed by atoms with van der Waals surface area (Å²) in [4.78, 5) is 23.9. The fourth-order valence-electron chi connectivity index (χ4n) is 6.35. The maximum absolute atomic E-state index is 12.9. The van der Waals surface area contributed by atoms with Crippen LogP contribution < -0.4 is 0 Å². The Morgan fingerprint density at radius 1 is 0.733 bits per heavy atom. The second-order valence-corrected chi connectivity index (χ2v) is 12.6. The third kappa shape index (κ3) is 14.7. The predicted octanol–water partition coefficient (Wildman–Crippen LogP) is 6.47. The molecule has 3 rings (SSSR count). The standard InChI is InChI=1S/C35H56O10/c1-4-33(36)41-22-8-6-20-39-28-12-10-27(11-13-28)35(38)45-31-18-19-32(26(3)24-31)44-25-43-30-16-14-29(15-17-30)40-21-7-9-23-42-34(37)5-2/h4,26-32,37H,1-2,6-25H2,3H3. The third-order valence-corrected chi connectivity index (χ3v) is 9.13. The molecule has 0 amide bonds. The average Bonchev–Trinajstić information content (AvgIpc) is 3.05. The van der Waals surface area contributed by atoms with Gasteiger partial charge in [0.2, 0.25) is 0 Å². The molecule has 10 heteroatoms. The van der Waals surface area contributed by atoms with Crippen LogP contribution in [-0.2, 0) is 42.7 Å². The highest BCUT2D eigenvalue weighted by Crippen LogP contribution is 2.32. The smallest absolute Gasteiger partial charge is 0.330 e. The van der Waals surface area contributed by atoms with Crippen LogP contribution in [0.3, 0.4) is 0 Å².